The van der Waals surface area contributed by atoms with Gasteiger partial charge in [-0.25, -0.2) is 0 Å². The highest BCUT2D eigenvalue weighted by Gasteiger charge is 2.34. The van der Waals surface area contributed by atoms with Crippen LogP contribution in [-0.2, 0) is 11.3 Å². The van der Waals surface area contributed by atoms with Crippen molar-refractivity contribution >= 4 is 24.0 Å². The molecule has 2 saturated heterocycles. The van der Waals surface area contributed by atoms with Gasteiger partial charge in [-0.1, -0.05) is 12.1 Å². The molecule has 1 aromatic carbocycles. The Hall–Kier alpha value is -1.66. The van der Waals surface area contributed by atoms with Gasteiger partial charge in [-0.15, -0.1) is 12.4 Å². The fraction of sp³-hybridized carbons (Fsp3) is 0.562. The summed E-state index contributed by atoms with van der Waals surface area (Å²) in [7, 11) is 0. The van der Waals surface area contributed by atoms with E-state index in [1.165, 1.54) is 25.0 Å². The summed E-state index contributed by atoms with van der Waals surface area (Å²) in [4.78, 5) is 22.4. The molecule has 23 heavy (non-hydrogen) atoms. The van der Waals surface area contributed by atoms with Crippen LogP contribution in [0.4, 0.5) is 5.69 Å². The number of fused-ring (bicyclic) bond motifs is 2. The molecule has 2 unspecified atom stereocenters. The number of nitro benzene ring substituents is 1. The number of non-ortho nitro benzene ring substituents is 1. The smallest absolute Gasteiger partial charge is 0.269 e. The number of benzene rings is 1. The summed E-state index contributed by atoms with van der Waals surface area (Å²) in [6.07, 6.45) is 5.19. The van der Waals surface area contributed by atoms with Gasteiger partial charge in [0.2, 0.25) is 5.91 Å². The zero-order valence-corrected chi connectivity index (χ0v) is 13.7. The van der Waals surface area contributed by atoms with Crippen molar-refractivity contribution in [2.24, 2.45) is 5.92 Å². The molecule has 3 rings (SSSR count). The molecule has 0 saturated carbocycles. The molecule has 0 radical (unpaired) electrons. The van der Waals surface area contributed by atoms with Crippen molar-refractivity contribution in [1.82, 2.24) is 10.6 Å². The van der Waals surface area contributed by atoms with E-state index in [2.05, 4.69) is 10.6 Å². The van der Waals surface area contributed by atoms with Crippen LogP contribution in [0.2, 0.25) is 0 Å². The van der Waals surface area contributed by atoms with Crippen molar-refractivity contribution in [2.45, 2.75) is 50.7 Å². The summed E-state index contributed by atoms with van der Waals surface area (Å²) in [6.45, 7) is 0.346. The molecule has 2 bridgehead atoms. The van der Waals surface area contributed by atoms with Crippen molar-refractivity contribution in [2.75, 3.05) is 0 Å². The highest BCUT2D eigenvalue weighted by molar-refractivity contribution is 5.85. The SMILES string of the molecule is Cl.O=C(CC1CC2CCC(C1)N2)NCc1cccc([N+](=O)[O-])c1. The Labute approximate surface area is 141 Å². The summed E-state index contributed by atoms with van der Waals surface area (Å²) in [5.41, 5.74) is 0.814. The Morgan fingerprint density at radius 2 is 2.00 bits per heavy atom. The van der Waals surface area contributed by atoms with Gasteiger partial charge < -0.3 is 10.6 Å². The van der Waals surface area contributed by atoms with Gasteiger partial charge in [0.05, 0.1) is 4.92 Å². The van der Waals surface area contributed by atoms with Crippen molar-refractivity contribution in [3.8, 4) is 0 Å². The van der Waals surface area contributed by atoms with Crippen molar-refractivity contribution in [3.05, 3.63) is 39.9 Å². The molecule has 2 atom stereocenters. The molecule has 2 fully saturated rings. The van der Waals surface area contributed by atoms with Crippen LogP contribution >= 0.6 is 12.4 Å². The molecule has 0 spiro atoms. The Bertz CT molecular complexity index is 569. The van der Waals surface area contributed by atoms with Gasteiger partial charge in [-0.3, -0.25) is 14.9 Å². The third-order valence-corrected chi connectivity index (χ3v) is 4.66. The lowest BCUT2D eigenvalue weighted by Gasteiger charge is -2.28. The first-order valence-electron chi connectivity index (χ1n) is 7.86. The summed E-state index contributed by atoms with van der Waals surface area (Å²) in [5, 5.41) is 17.2. The minimum Gasteiger partial charge on any atom is -0.352 e. The number of hydrogen-bond donors (Lipinski definition) is 2. The Morgan fingerprint density at radius 1 is 1.30 bits per heavy atom. The van der Waals surface area contributed by atoms with E-state index >= 15 is 0 Å². The number of carbonyl (C=O) groups is 1. The van der Waals surface area contributed by atoms with Gasteiger partial charge in [0.25, 0.3) is 5.69 Å². The van der Waals surface area contributed by atoms with Crippen LogP contribution in [-0.4, -0.2) is 22.9 Å². The number of halogens is 1. The van der Waals surface area contributed by atoms with Gasteiger partial charge >= 0.3 is 0 Å². The van der Waals surface area contributed by atoms with E-state index in [1.54, 1.807) is 12.1 Å². The number of amides is 1. The molecular weight excluding hydrogens is 318 g/mol. The van der Waals surface area contributed by atoms with Crippen LogP contribution in [0.3, 0.4) is 0 Å². The van der Waals surface area contributed by atoms with E-state index in [9.17, 15) is 14.9 Å². The van der Waals surface area contributed by atoms with E-state index in [1.807, 2.05) is 0 Å². The molecule has 1 amide bonds. The van der Waals surface area contributed by atoms with Crippen LogP contribution in [0.25, 0.3) is 0 Å². The van der Waals surface area contributed by atoms with E-state index in [-0.39, 0.29) is 24.0 Å². The number of hydrogen-bond acceptors (Lipinski definition) is 4. The second-order valence-electron chi connectivity index (χ2n) is 6.38. The topological polar surface area (TPSA) is 84.3 Å². The van der Waals surface area contributed by atoms with E-state index in [4.69, 9.17) is 0 Å². The minimum absolute atomic E-state index is 0. The maximum atomic E-state index is 12.1. The number of rotatable bonds is 5. The first kappa shape index (κ1) is 17.7. The van der Waals surface area contributed by atoms with Gasteiger partial charge in [-0.2, -0.15) is 0 Å². The van der Waals surface area contributed by atoms with E-state index < -0.39 is 4.92 Å². The minimum atomic E-state index is -0.421. The third-order valence-electron chi connectivity index (χ3n) is 4.66. The summed E-state index contributed by atoms with van der Waals surface area (Å²) < 4.78 is 0. The number of nitrogens with one attached hydrogen (secondary N) is 2. The second kappa shape index (κ2) is 7.75. The molecule has 2 heterocycles. The lowest BCUT2D eigenvalue weighted by molar-refractivity contribution is -0.384. The fourth-order valence-electron chi connectivity index (χ4n) is 3.66. The second-order valence-corrected chi connectivity index (χ2v) is 6.38. The molecule has 1 aromatic rings. The summed E-state index contributed by atoms with van der Waals surface area (Å²) in [6, 6.07) is 7.57. The van der Waals surface area contributed by atoms with Crippen LogP contribution in [0.5, 0.6) is 0 Å². The Morgan fingerprint density at radius 3 is 2.65 bits per heavy atom. The number of carbonyl (C=O) groups excluding carboxylic acids is 1. The summed E-state index contributed by atoms with van der Waals surface area (Å²) in [5.74, 6) is 0.502. The van der Waals surface area contributed by atoms with Crippen LogP contribution in [0.1, 0.15) is 37.7 Å². The molecule has 7 heteroatoms. The van der Waals surface area contributed by atoms with Gasteiger partial charge in [0, 0.05) is 37.2 Å². The van der Waals surface area contributed by atoms with Crippen LogP contribution < -0.4 is 10.6 Å². The van der Waals surface area contributed by atoms with Crippen molar-refractivity contribution in [1.29, 1.82) is 0 Å². The highest BCUT2D eigenvalue weighted by atomic mass is 35.5. The predicted octanol–water partition coefficient (Wildman–Crippen LogP) is 2.55. The van der Waals surface area contributed by atoms with Crippen molar-refractivity contribution < 1.29 is 9.72 Å². The average molecular weight is 340 g/mol. The standard InChI is InChI=1S/C16H21N3O3.ClH/c20-16(9-12-6-13-4-5-14(7-12)18-13)17-10-11-2-1-3-15(8-11)19(21)22;/h1-3,8,12-14,18H,4-7,9-10H2,(H,17,20);1H. The molecule has 2 aliphatic rings. The molecule has 0 aromatic heterocycles. The van der Waals surface area contributed by atoms with Crippen LogP contribution in [0, 0.1) is 16.0 Å². The Kier molecular flexibility index (Phi) is 5.96. The largest absolute Gasteiger partial charge is 0.352 e. The van der Waals surface area contributed by atoms with Crippen molar-refractivity contribution in [3.63, 3.8) is 0 Å². The van der Waals surface area contributed by atoms with Gasteiger partial charge in [0.15, 0.2) is 0 Å². The first-order valence-corrected chi connectivity index (χ1v) is 7.86. The zero-order chi connectivity index (χ0) is 15.5. The van der Waals surface area contributed by atoms with E-state index in [0.717, 1.165) is 18.4 Å². The lowest BCUT2D eigenvalue weighted by Crippen LogP contribution is -2.39. The number of nitro groups is 1. The normalized spacial score (nSPS) is 25.5. The maximum absolute atomic E-state index is 12.1. The quantitative estimate of drug-likeness (QED) is 0.637. The molecule has 2 aliphatic heterocycles. The monoisotopic (exact) mass is 339 g/mol. The maximum Gasteiger partial charge on any atom is 0.269 e. The average Bonchev–Trinajstić information content (AvgIpc) is 2.84. The van der Waals surface area contributed by atoms with Crippen LogP contribution in [0.15, 0.2) is 24.3 Å². The number of piperidine rings is 1. The number of nitrogens with zero attached hydrogens (tertiary/aromatic N) is 1. The Balaban J connectivity index is 0.00000192. The molecule has 2 N–H and O–H groups in total. The molecule has 0 aliphatic carbocycles. The predicted molar refractivity (Wildman–Crippen MR) is 89.5 cm³/mol. The zero-order valence-electron chi connectivity index (χ0n) is 12.9. The fourth-order valence-corrected chi connectivity index (χ4v) is 3.66. The highest BCUT2D eigenvalue weighted by Crippen LogP contribution is 2.32. The third kappa shape index (κ3) is 4.65. The molecule has 126 valence electrons. The lowest BCUT2D eigenvalue weighted by atomic mass is 9.89. The molecule has 6 nitrogen and oxygen atoms in total. The van der Waals surface area contributed by atoms with Gasteiger partial charge in [0.1, 0.15) is 0 Å². The molecular formula is C16H22ClN3O3. The van der Waals surface area contributed by atoms with E-state index in [0.29, 0.717) is 31.0 Å². The summed E-state index contributed by atoms with van der Waals surface area (Å²) >= 11 is 0. The van der Waals surface area contributed by atoms with Gasteiger partial charge in [-0.05, 0) is 37.2 Å². The first-order chi connectivity index (χ1) is 10.6.